The van der Waals surface area contributed by atoms with Gasteiger partial charge >= 0.3 is 35.8 Å². The van der Waals surface area contributed by atoms with E-state index in [9.17, 15) is 33.9 Å². The summed E-state index contributed by atoms with van der Waals surface area (Å²) in [5, 5.41) is 11.3. The average molecular weight is 765 g/mol. The Kier molecular flexibility index (Phi) is 14.0. The maximum Gasteiger partial charge on any atom is 0.338 e. The Hall–Kier alpha value is -5.68. The smallest absolute Gasteiger partial charge is 0.338 e. The van der Waals surface area contributed by atoms with Crippen molar-refractivity contribution in [3.05, 3.63) is 108 Å². The van der Waals surface area contributed by atoms with Crippen LogP contribution >= 0.6 is 0 Å². The number of hydrogen-bond donors (Lipinski definition) is 1. The monoisotopic (exact) mass is 764 g/mol. The molecule has 2 fully saturated rings. The number of aliphatic hydroxyl groups excluding tert-OH is 1. The molecule has 0 amide bonds. The lowest BCUT2D eigenvalue weighted by Gasteiger charge is -2.44. The molecule has 2 heterocycles. The molecule has 55 heavy (non-hydrogen) atoms. The molecule has 2 saturated heterocycles. The van der Waals surface area contributed by atoms with Crippen molar-refractivity contribution in [2.24, 2.45) is 0 Å². The summed E-state index contributed by atoms with van der Waals surface area (Å²) in [5.41, 5.74) is 0.327. The normalized spacial score (nSPS) is 26.1. The van der Waals surface area contributed by atoms with Gasteiger partial charge in [0.2, 0.25) is 0 Å². The van der Waals surface area contributed by atoms with Crippen molar-refractivity contribution >= 4 is 35.8 Å². The maximum atomic E-state index is 13.6. The van der Waals surface area contributed by atoms with Gasteiger partial charge < -0.3 is 47.7 Å². The first-order chi connectivity index (χ1) is 26.4. The fourth-order valence-electron chi connectivity index (χ4n) is 5.93. The highest BCUT2D eigenvalue weighted by Crippen LogP contribution is 2.32. The molecule has 3 aromatic carbocycles. The molecule has 0 aromatic heterocycles. The minimum atomic E-state index is -1.95. The van der Waals surface area contributed by atoms with Crippen molar-refractivity contribution in [1.29, 1.82) is 0 Å². The topological polar surface area (TPSA) is 206 Å². The molecule has 0 saturated carbocycles. The van der Waals surface area contributed by atoms with Gasteiger partial charge in [0.05, 0.1) is 23.3 Å². The van der Waals surface area contributed by atoms with Gasteiger partial charge in [0.25, 0.3) is 0 Å². The van der Waals surface area contributed by atoms with E-state index in [-0.39, 0.29) is 23.1 Å². The van der Waals surface area contributed by atoms with Crippen LogP contribution in [-0.4, -0.2) is 109 Å². The molecule has 1 N–H and O–H groups in total. The first-order valence-electron chi connectivity index (χ1n) is 17.3. The van der Waals surface area contributed by atoms with Crippen molar-refractivity contribution in [3.63, 3.8) is 0 Å². The van der Waals surface area contributed by atoms with Gasteiger partial charge in [-0.05, 0) is 36.4 Å². The largest absolute Gasteiger partial charge is 0.463 e. The van der Waals surface area contributed by atoms with E-state index >= 15 is 0 Å². The average Bonchev–Trinajstić information content (AvgIpc) is 3.17. The van der Waals surface area contributed by atoms with Crippen LogP contribution < -0.4 is 0 Å². The second-order valence-electron chi connectivity index (χ2n) is 12.5. The van der Waals surface area contributed by atoms with Gasteiger partial charge in [-0.3, -0.25) is 14.4 Å². The Labute approximate surface area is 315 Å². The number of benzene rings is 3. The molecule has 0 spiro atoms. The lowest BCUT2D eigenvalue weighted by molar-refractivity contribution is -0.307. The lowest BCUT2D eigenvalue weighted by atomic mass is 9.97. The number of aliphatic hydroxyl groups is 1. The molecule has 16 nitrogen and oxygen atoms in total. The van der Waals surface area contributed by atoms with E-state index in [1.807, 2.05) is 0 Å². The van der Waals surface area contributed by atoms with Crippen molar-refractivity contribution < 1.29 is 76.5 Å². The van der Waals surface area contributed by atoms with E-state index in [2.05, 4.69) is 0 Å². The number of carbonyl (C=O) groups is 6. The second-order valence-corrected chi connectivity index (χ2v) is 12.5. The minimum absolute atomic E-state index is 0.103. The first kappa shape index (κ1) is 40.5. The Balaban J connectivity index is 1.46. The summed E-state index contributed by atoms with van der Waals surface area (Å²) in [4.78, 5) is 76.0. The maximum absolute atomic E-state index is 13.6. The van der Waals surface area contributed by atoms with Crippen molar-refractivity contribution in [3.8, 4) is 0 Å². The number of esters is 6. The zero-order valence-corrected chi connectivity index (χ0v) is 30.0. The highest BCUT2D eigenvalue weighted by atomic mass is 16.7. The SMILES string of the molecule is CC(=O)OCC1O[C@@H](OCC2O[C@H](O)C(OC(=O)c3ccccc3)C(OC(=O)c3ccccc3)[C@@H]2OC(=O)c2ccccc2)C[C@@H](OC(C)=O)[C@H]1OC(C)=O. The quantitative estimate of drug-likeness (QED) is 0.196. The van der Waals surface area contributed by atoms with Crippen LogP contribution in [0.2, 0.25) is 0 Å². The van der Waals surface area contributed by atoms with Crippen molar-refractivity contribution in [1.82, 2.24) is 0 Å². The van der Waals surface area contributed by atoms with Gasteiger partial charge in [-0.25, -0.2) is 14.4 Å². The van der Waals surface area contributed by atoms with Gasteiger partial charge in [-0.2, -0.15) is 0 Å². The zero-order valence-electron chi connectivity index (χ0n) is 30.0. The van der Waals surface area contributed by atoms with E-state index in [0.29, 0.717) is 0 Å². The summed E-state index contributed by atoms with van der Waals surface area (Å²) in [7, 11) is 0. The van der Waals surface area contributed by atoms with Gasteiger partial charge in [0, 0.05) is 27.2 Å². The molecule has 0 bridgehead atoms. The Morgan fingerprint density at radius 3 is 1.47 bits per heavy atom. The van der Waals surface area contributed by atoms with E-state index in [4.69, 9.17) is 42.6 Å². The fourth-order valence-corrected chi connectivity index (χ4v) is 5.93. The lowest BCUT2D eigenvalue weighted by Crippen LogP contribution is -2.63. The third-order valence-corrected chi connectivity index (χ3v) is 8.37. The van der Waals surface area contributed by atoms with E-state index in [1.165, 1.54) is 36.4 Å². The minimum Gasteiger partial charge on any atom is -0.463 e. The molecule has 4 unspecified atom stereocenters. The Bertz CT molecular complexity index is 1780. The molecule has 9 atom stereocenters. The number of hydrogen-bond acceptors (Lipinski definition) is 16. The predicted molar refractivity (Wildman–Crippen MR) is 185 cm³/mol. The molecule has 2 aliphatic rings. The number of ether oxygens (including phenoxy) is 9. The molecule has 2 aliphatic heterocycles. The zero-order chi connectivity index (χ0) is 39.5. The van der Waals surface area contributed by atoms with E-state index in [0.717, 1.165) is 20.8 Å². The molecule has 3 aromatic rings. The molecular weight excluding hydrogens is 724 g/mol. The summed E-state index contributed by atoms with van der Waals surface area (Å²) in [5.74, 6) is -4.76. The van der Waals surface area contributed by atoms with E-state index < -0.39 is 104 Å². The van der Waals surface area contributed by atoms with Crippen LogP contribution in [0.5, 0.6) is 0 Å². The van der Waals surface area contributed by atoms with Crippen LogP contribution in [0.1, 0.15) is 58.3 Å². The van der Waals surface area contributed by atoms with Crippen LogP contribution in [0.3, 0.4) is 0 Å². The summed E-state index contributed by atoms with van der Waals surface area (Å²) >= 11 is 0. The molecule has 16 heteroatoms. The van der Waals surface area contributed by atoms with Crippen molar-refractivity contribution in [2.45, 2.75) is 82.5 Å². The highest BCUT2D eigenvalue weighted by molar-refractivity contribution is 5.91. The Morgan fingerprint density at radius 2 is 1.00 bits per heavy atom. The molecule has 292 valence electrons. The third kappa shape index (κ3) is 11.2. The highest BCUT2D eigenvalue weighted by Gasteiger charge is 2.53. The van der Waals surface area contributed by atoms with Gasteiger partial charge in [0.15, 0.2) is 37.0 Å². The van der Waals surface area contributed by atoms with Crippen LogP contribution in [0.15, 0.2) is 91.0 Å². The van der Waals surface area contributed by atoms with Gasteiger partial charge in [-0.1, -0.05) is 54.6 Å². The van der Waals surface area contributed by atoms with Gasteiger partial charge in [-0.15, -0.1) is 0 Å². The van der Waals surface area contributed by atoms with E-state index in [1.54, 1.807) is 54.6 Å². The molecule has 0 radical (unpaired) electrons. The van der Waals surface area contributed by atoms with Crippen LogP contribution in [0, 0.1) is 0 Å². The Morgan fingerprint density at radius 1 is 0.545 bits per heavy atom. The summed E-state index contributed by atoms with van der Waals surface area (Å²) in [6.07, 6.45) is -13.3. The summed E-state index contributed by atoms with van der Waals surface area (Å²) in [6.45, 7) is 2.52. The van der Waals surface area contributed by atoms with Crippen LogP contribution in [0.25, 0.3) is 0 Å². The third-order valence-electron chi connectivity index (χ3n) is 8.37. The summed E-state index contributed by atoms with van der Waals surface area (Å²) < 4.78 is 51.3. The van der Waals surface area contributed by atoms with Crippen LogP contribution in [-0.2, 0) is 57.0 Å². The fraction of sp³-hybridized carbons (Fsp3) is 0.385. The second kappa shape index (κ2) is 19.1. The van der Waals surface area contributed by atoms with Crippen molar-refractivity contribution in [2.75, 3.05) is 13.2 Å². The summed E-state index contributed by atoms with van der Waals surface area (Å²) in [6, 6.07) is 23.5. The number of carbonyl (C=O) groups excluding carboxylic acids is 6. The van der Waals surface area contributed by atoms with Crippen LogP contribution in [0.4, 0.5) is 0 Å². The molecular formula is C39H40O16. The predicted octanol–water partition coefficient (Wildman–Crippen LogP) is 2.94. The first-order valence-corrected chi connectivity index (χ1v) is 17.3. The molecule has 5 rings (SSSR count). The standard InChI is InChI=1S/C39H40O16/c1-22(40)47-20-29-32(50-24(3)42)28(49-23(2)41)19-31(51-29)48-21-30-33(53-36(43)25-13-7-4-8-14-25)34(54-37(44)26-15-9-5-10-16-26)35(39(46)52-30)55-38(45)27-17-11-6-12-18-27/h4-18,28-35,39,46H,19-21H2,1-3H3/t28-,29?,30?,31-,32-,33-,34?,35?,39+/m1/s1. The van der Waals surface area contributed by atoms with Gasteiger partial charge in [0.1, 0.15) is 24.9 Å². The number of rotatable bonds is 13. The molecule has 0 aliphatic carbocycles.